The van der Waals surface area contributed by atoms with Gasteiger partial charge in [0.05, 0.1) is 11.9 Å². The Bertz CT molecular complexity index is 567. The first kappa shape index (κ1) is 16.0. The summed E-state index contributed by atoms with van der Waals surface area (Å²) < 4.78 is 0. The van der Waals surface area contributed by atoms with Crippen molar-refractivity contribution in [3.63, 3.8) is 0 Å². The maximum Gasteiger partial charge on any atom is 0.269 e. The minimum Gasteiger partial charge on any atom is -0.380 e. The van der Waals surface area contributed by atoms with Gasteiger partial charge in [-0.05, 0) is 24.1 Å². The normalized spacial score (nSPS) is 10.2. The molecule has 0 spiro atoms. The Kier molecular flexibility index (Phi) is 6.42. The van der Waals surface area contributed by atoms with Gasteiger partial charge < -0.3 is 10.6 Å². The number of amides is 1. The molecular weight excluding hydrogens is 274 g/mol. The smallest absolute Gasteiger partial charge is 0.269 e. The molecule has 0 aliphatic carbocycles. The number of benzene rings is 1. The van der Waals surface area contributed by atoms with Gasteiger partial charge in [-0.3, -0.25) is 4.79 Å². The van der Waals surface area contributed by atoms with Crippen LogP contribution in [0.2, 0.25) is 0 Å². The van der Waals surface area contributed by atoms with Crippen molar-refractivity contribution in [2.45, 2.75) is 32.7 Å². The summed E-state index contributed by atoms with van der Waals surface area (Å²) in [6.45, 7) is 3.60. The van der Waals surface area contributed by atoms with E-state index < -0.39 is 0 Å². The van der Waals surface area contributed by atoms with Crippen LogP contribution in [0.5, 0.6) is 0 Å². The highest BCUT2D eigenvalue weighted by Gasteiger charge is 2.06. The second kappa shape index (κ2) is 8.82. The highest BCUT2D eigenvalue weighted by atomic mass is 16.1. The van der Waals surface area contributed by atoms with Gasteiger partial charge in [-0.15, -0.1) is 0 Å². The minimum absolute atomic E-state index is 0.106. The fourth-order valence-corrected chi connectivity index (χ4v) is 2.10. The summed E-state index contributed by atoms with van der Waals surface area (Å²) >= 11 is 0. The van der Waals surface area contributed by atoms with Crippen molar-refractivity contribution in [3.05, 3.63) is 59.9 Å². The highest BCUT2D eigenvalue weighted by molar-refractivity contribution is 5.92. The molecule has 1 aromatic carbocycles. The van der Waals surface area contributed by atoms with Crippen molar-refractivity contribution in [1.29, 1.82) is 0 Å². The topological polar surface area (TPSA) is 54.0 Å². The molecule has 0 bridgehead atoms. The van der Waals surface area contributed by atoms with Gasteiger partial charge in [-0.2, -0.15) is 0 Å². The monoisotopic (exact) mass is 297 g/mol. The fraction of sp³-hybridized carbons (Fsp3) is 0.333. The molecule has 0 unspecified atom stereocenters. The van der Waals surface area contributed by atoms with Crippen LogP contribution in [0.3, 0.4) is 0 Å². The molecule has 0 saturated heterocycles. The summed E-state index contributed by atoms with van der Waals surface area (Å²) in [5.41, 5.74) is 2.58. The molecule has 1 amide bonds. The molecule has 2 rings (SSSR count). The van der Waals surface area contributed by atoms with Gasteiger partial charge >= 0.3 is 0 Å². The average Bonchev–Trinajstić information content (AvgIpc) is 2.58. The molecular formula is C18H23N3O. The van der Waals surface area contributed by atoms with Crippen molar-refractivity contribution < 1.29 is 4.79 Å². The molecule has 4 nitrogen and oxygen atoms in total. The van der Waals surface area contributed by atoms with Gasteiger partial charge in [0, 0.05) is 13.1 Å². The molecule has 116 valence electrons. The Morgan fingerprint density at radius 1 is 1.09 bits per heavy atom. The molecule has 2 aromatic rings. The van der Waals surface area contributed by atoms with E-state index in [-0.39, 0.29) is 5.91 Å². The number of anilines is 1. The number of hydrogen-bond acceptors (Lipinski definition) is 3. The Morgan fingerprint density at radius 3 is 2.59 bits per heavy atom. The third-order valence-corrected chi connectivity index (χ3v) is 3.40. The Balaban J connectivity index is 1.81. The second-order valence-electron chi connectivity index (χ2n) is 5.23. The van der Waals surface area contributed by atoms with E-state index in [0.29, 0.717) is 12.2 Å². The van der Waals surface area contributed by atoms with Gasteiger partial charge in [0.1, 0.15) is 5.69 Å². The van der Waals surface area contributed by atoms with E-state index in [1.807, 2.05) is 24.3 Å². The maximum atomic E-state index is 11.9. The first-order valence-corrected chi connectivity index (χ1v) is 7.81. The number of aromatic nitrogens is 1. The molecule has 0 aliphatic rings. The zero-order valence-corrected chi connectivity index (χ0v) is 13.0. The SMILES string of the molecule is CCCCCNC(=O)c1ccc(NCc2ccccc2)cn1. The Labute approximate surface area is 132 Å². The zero-order chi connectivity index (χ0) is 15.6. The number of nitrogens with one attached hydrogen (secondary N) is 2. The number of carbonyl (C=O) groups is 1. The molecule has 0 radical (unpaired) electrons. The fourth-order valence-electron chi connectivity index (χ4n) is 2.10. The first-order valence-electron chi connectivity index (χ1n) is 7.81. The molecule has 0 atom stereocenters. The van der Waals surface area contributed by atoms with Crippen molar-refractivity contribution in [2.24, 2.45) is 0 Å². The number of nitrogens with zero attached hydrogens (tertiary/aromatic N) is 1. The van der Waals surface area contributed by atoms with Gasteiger partial charge in [0.2, 0.25) is 0 Å². The standard InChI is InChI=1S/C18H23N3O/c1-2-3-7-12-19-18(22)17-11-10-16(14-21-17)20-13-15-8-5-4-6-9-15/h4-6,8-11,14,20H,2-3,7,12-13H2,1H3,(H,19,22). The Hall–Kier alpha value is -2.36. The second-order valence-corrected chi connectivity index (χ2v) is 5.23. The largest absolute Gasteiger partial charge is 0.380 e. The van der Waals surface area contributed by atoms with Crippen LogP contribution in [0.1, 0.15) is 42.2 Å². The van der Waals surface area contributed by atoms with E-state index in [1.165, 1.54) is 5.56 Å². The van der Waals surface area contributed by atoms with Crippen LogP contribution < -0.4 is 10.6 Å². The third kappa shape index (κ3) is 5.20. The van der Waals surface area contributed by atoms with Crippen LogP contribution in [0, 0.1) is 0 Å². The predicted octanol–water partition coefficient (Wildman–Crippen LogP) is 3.61. The lowest BCUT2D eigenvalue weighted by molar-refractivity contribution is 0.0948. The average molecular weight is 297 g/mol. The van der Waals surface area contributed by atoms with E-state index >= 15 is 0 Å². The molecule has 0 aliphatic heterocycles. The molecule has 0 fully saturated rings. The van der Waals surface area contributed by atoms with Crippen LogP contribution in [0.15, 0.2) is 48.7 Å². The van der Waals surface area contributed by atoms with Crippen molar-refractivity contribution in [1.82, 2.24) is 10.3 Å². The molecule has 1 aromatic heterocycles. The lowest BCUT2D eigenvalue weighted by Crippen LogP contribution is -2.25. The van der Waals surface area contributed by atoms with Gasteiger partial charge in [0.25, 0.3) is 5.91 Å². The first-order chi connectivity index (χ1) is 10.8. The molecule has 4 heteroatoms. The maximum absolute atomic E-state index is 11.9. The van der Waals surface area contributed by atoms with Crippen molar-refractivity contribution >= 4 is 11.6 Å². The molecule has 0 saturated carbocycles. The molecule has 2 N–H and O–H groups in total. The number of unbranched alkanes of at least 4 members (excludes halogenated alkanes) is 2. The Morgan fingerprint density at radius 2 is 1.91 bits per heavy atom. The van der Waals surface area contributed by atoms with Crippen LogP contribution in [-0.2, 0) is 6.54 Å². The van der Waals surface area contributed by atoms with Gasteiger partial charge in [0.15, 0.2) is 0 Å². The predicted molar refractivity (Wildman–Crippen MR) is 89.9 cm³/mol. The van der Waals surface area contributed by atoms with Crippen molar-refractivity contribution in [2.75, 3.05) is 11.9 Å². The van der Waals surface area contributed by atoms with E-state index in [9.17, 15) is 4.79 Å². The lowest BCUT2D eigenvalue weighted by atomic mass is 10.2. The summed E-state index contributed by atoms with van der Waals surface area (Å²) in [4.78, 5) is 16.1. The van der Waals surface area contributed by atoms with E-state index in [0.717, 1.165) is 31.5 Å². The minimum atomic E-state index is -0.106. The number of rotatable bonds is 8. The zero-order valence-electron chi connectivity index (χ0n) is 13.0. The van der Waals surface area contributed by atoms with Crippen LogP contribution in [0.25, 0.3) is 0 Å². The third-order valence-electron chi connectivity index (χ3n) is 3.40. The van der Waals surface area contributed by atoms with Crippen LogP contribution in [0.4, 0.5) is 5.69 Å². The summed E-state index contributed by atoms with van der Waals surface area (Å²) in [6.07, 6.45) is 4.99. The molecule has 22 heavy (non-hydrogen) atoms. The van der Waals surface area contributed by atoms with Crippen LogP contribution in [-0.4, -0.2) is 17.4 Å². The summed E-state index contributed by atoms with van der Waals surface area (Å²) in [5.74, 6) is -0.106. The van der Waals surface area contributed by atoms with Gasteiger partial charge in [-0.25, -0.2) is 4.98 Å². The van der Waals surface area contributed by atoms with Gasteiger partial charge in [-0.1, -0.05) is 50.1 Å². The van der Waals surface area contributed by atoms with E-state index in [2.05, 4.69) is 34.7 Å². The highest BCUT2D eigenvalue weighted by Crippen LogP contribution is 2.09. The number of pyridine rings is 1. The quantitative estimate of drug-likeness (QED) is 0.732. The summed E-state index contributed by atoms with van der Waals surface area (Å²) in [7, 11) is 0. The van der Waals surface area contributed by atoms with Crippen molar-refractivity contribution in [3.8, 4) is 0 Å². The molecule has 1 heterocycles. The van der Waals surface area contributed by atoms with E-state index in [1.54, 1.807) is 12.3 Å². The summed E-state index contributed by atoms with van der Waals surface area (Å²) in [6, 6.07) is 13.8. The lowest BCUT2D eigenvalue weighted by Gasteiger charge is -2.07. The summed E-state index contributed by atoms with van der Waals surface area (Å²) in [5, 5.41) is 6.18. The number of carbonyl (C=O) groups excluding carboxylic acids is 1. The van der Waals surface area contributed by atoms with Crippen LogP contribution >= 0.6 is 0 Å². The number of hydrogen-bond donors (Lipinski definition) is 2. The van der Waals surface area contributed by atoms with E-state index in [4.69, 9.17) is 0 Å².